The van der Waals surface area contributed by atoms with Crippen LogP contribution >= 0.6 is 12.2 Å². The van der Waals surface area contributed by atoms with E-state index in [-0.39, 0.29) is 17.4 Å². The van der Waals surface area contributed by atoms with Gasteiger partial charge in [0.2, 0.25) is 0 Å². The summed E-state index contributed by atoms with van der Waals surface area (Å²) in [5, 5.41) is 28.0. The van der Waals surface area contributed by atoms with Gasteiger partial charge in [0.05, 0.1) is 23.5 Å². The predicted molar refractivity (Wildman–Crippen MR) is 120 cm³/mol. The second-order valence-electron chi connectivity index (χ2n) is 7.76. The topological polar surface area (TPSA) is 86.5 Å². The van der Waals surface area contributed by atoms with Gasteiger partial charge >= 0.3 is 0 Å². The van der Waals surface area contributed by atoms with Crippen molar-refractivity contribution >= 4 is 17.9 Å². The molecule has 1 aliphatic heterocycles. The van der Waals surface area contributed by atoms with Gasteiger partial charge in [-0.25, -0.2) is 0 Å². The molecule has 0 saturated heterocycles. The average molecular weight is 427 g/mol. The van der Waals surface area contributed by atoms with Crippen molar-refractivity contribution < 1.29 is 14.9 Å². The quantitative estimate of drug-likeness (QED) is 0.511. The highest BCUT2D eigenvalue weighted by Crippen LogP contribution is 2.39. The van der Waals surface area contributed by atoms with E-state index >= 15 is 0 Å². The number of nitrogens with zero attached hydrogens (tertiary/aromatic N) is 3. The third kappa shape index (κ3) is 3.52. The van der Waals surface area contributed by atoms with E-state index in [9.17, 15) is 10.2 Å². The van der Waals surface area contributed by atoms with Crippen LogP contribution in [0.1, 0.15) is 38.7 Å². The van der Waals surface area contributed by atoms with Crippen LogP contribution in [0, 0.1) is 4.77 Å². The molecule has 3 aromatic rings. The van der Waals surface area contributed by atoms with Crippen molar-refractivity contribution in [2.24, 2.45) is 0 Å². The number of aromatic amines is 1. The summed E-state index contributed by atoms with van der Waals surface area (Å²) in [6.45, 7) is 8.58. The van der Waals surface area contributed by atoms with E-state index in [2.05, 4.69) is 22.0 Å². The summed E-state index contributed by atoms with van der Waals surface area (Å²) in [4.78, 5) is 2.31. The Kier molecular flexibility index (Phi) is 5.42. The van der Waals surface area contributed by atoms with E-state index < -0.39 is 0 Å². The highest BCUT2D eigenvalue weighted by atomic mass is 32.1. The summed E-state index contributed by atoms with van der Waals surface area (Å²) in [6.07, 6.45) is 1.04. The van der Waals surface area contributed by atoms with Crippen LogP contribution in [0.5, 0.6) is 17.2 Å². The Bertz CT molecular complexity index is 1140. The number of anilines is 1. The SMILES string of the molecule is CCCN1CCOc2ccc(-n3c(-c4cc(C(C)C)c(O)cc4O)n[nH]c3=S)cc21. The maximum atomic E-state index is 10.5. The van der Waals surface area contributed by atoms with Crippen LogP contribution in [0.15, 0.2) is 30.3 Å². The maximum absolute atomic E-state index is 10.5. The summed E-state index contributed by atoms with van der Waals surface area (Å²) in [5.74, 6) is 1.43. The molecule has 0 bridgehead atoms. The zero-order chi connectivity index (χ0) is 21.4. The zero-order valence-corrected chi connectivity index (χ0v) is 18.2. The third-order valence-electron chi connectivity index (χ3n) is 5.33. The fourth-order valence-electron chi connectivity index (χ4n) is 3.86. The van der Waals surface area contributed by atoms with E-state index in [1.54, 1.807) is 10.6 Å². The van der Waals surface area contributed by atoms with E-state index in [1.165, 1.54) is 6.07 Å². The van der Waals surface area contributed by atoms with Crippen LogP contribution in [-0.2, 0) is 0 Å². The van der Waals surface area contributed by atoms with Gasteiger partial charge in [0.15, 0.2) is 10.6 Å². The van der Waals surface area contributed by atoms with Crippen molar-refractivity contribution in [3.8, 4) is 34.3 Å². The average Bonchev–Trinajstić information content (AvgIpc) is 3.09. The van der Waals surface area contributed by atoms with Gasteiger partial charge < -0.3 is 19.8 Å². The molecule has 0 spiro atoms. The molecule has 0 saturated carbocycles. The lowest BCUT2D eigenvalue weighted by atomic mass is 9.98. The number of hydrogen-bond acceptors (Lipinski definition) is 6. The van der Waals surface area contributed by atoms with Crippen LogP contribution in [0.4, 0.5) is 5.69 Å². The molecule has 0 atom stereocenters. The Morgan fingerprint density at radius 3 is 2.73 bits per heavy atom. The van der Waals surface area contributed by atoms with Crippen LogP contribution in [0.25, 0.3) is 17.1 Å². The predicted octanol–water partition coefficient (Wildman–Crippen LogP) is 4.74. The lowest BCUT2D eigenvalue weighted by Gasteiger charge is -2.31. The summed E-state index contributed by atoms with van der Waals surface area (Å²) in [5.41, 5.74) is 3.08. The first-order valence-corrected chi connectivity index (χ1v) is 10.6. The fourth-order valence-corrected chi connectivity index (χ4v) is 4.09. The molecular formula is C22H26N4O3S. The number of aromatic hydroxyl groups is 2. The summed E-state index contributed by atoms with van der Waals surface area (Å²) in [6, 6.07) is 9.04. The Hall–Kier alpha value is -3.00. The first kappa shape index (κ1) is 20.3. The first-order chi connectivity index (χ1) is 14.4. The van der Waals surface area contributed by atoms with Crippen molar-refractivity contribution in [2.75, 3.05) is 24.6 Å². The number of fused-ring (bicyclic) bond motifs is 1. The molecule has 158 valence electrons. The number of hydrogen-bond donors (Lipinski definition) is 3. The van der Waals surface area contributed by atoms with Gasteiger partial charge in [-0.05, 0) is 54.4 Å². The van der Waals surface area contributed by atoms with Gasteiger partial charge in [-0.1, -0.05) is 20.8 Å². The lowest BCUT2D eigenvalue weighted by Crippen LogP contribution is -2.33. The van der Waals surface area contributed by atoms with Crippen molar-refractivity contribution in [1.29, 1.82) is 0 Å². The molecule has 1 aromatic heterocycles. The smallest absolute Gasteiger partial charge is 0.200 e. The van der Waals surface area contributed by atoms with Crippen molar-refractivity contribution in [2.45, 2.75) is 33.1 Å². The largest absolute Gasteiger partial charge is 0.508 e. The number of rotatable bonds is 5. The standard InChI is InChI=1S/C22H26N4O3S/c1-4-7-25-8-9-29-20-6-5-14(10-17(20)25)26-21(23-24-22(26)30)16-11-15(13(2)3)18(27)12-19(16)28/h5-6,10-13,27-28H,4,7-9H2,1-3H3,(H,24,30). The monoisotopic (exact) mass is 426 g/mol. The van der Waals surface area contributed by atoms with Crippen LogP contribution in [-0.4, -0.2) is 44.7 Å². The molecule has 0 fully saturated rings. The van der Waals surface area contributed by atoms with E-state index in [4.69, 9.17) is 17.0 Å². The fraction of sp³-hybridized carbons (Fsp3) is 0.364. The Morgan fingerprint density at radius 1 is 1.20 bits per heavy atom. The molecule has 3 N–H and O–H groups in total. The second kappa shape index (κ2) is 8.02. The molecule has 30 heavy (non-hydrogen) atoms. The van der Waals surface area contributed by atoms with E-state index in [0.29, 0.717) is 22.8 Å². The van der Waals surface area contributed by atoms with Crippen molar-refractivity contribution in [3.63, 3.8) is 0 Å². The Labute approximate surface area is 180 Å². The number of nitrogens with one attached hydrogen (secondary N) is 1. The van der Waals surface area contributed by atoms with Gasteiger partial charge in [0, 0.05) is 12.6 Å². The number of aromatic nitrogens is 3. The highest BCUT2D eigenvalue weighted by molar-refractivity contribution is 7.71. The first-order valence-electron chi connectivity index (χ1n) is 10.2. The number of phenols is 2. The molecule has 4 rings (SSSR count). The Morgan fingerprint density at radius 2 is 2.00 bits per heavy atom. The number of ether oxygens (including phenoxy) is 1. The van der Waals surface area contributed by atoms with Crippen LogP contribution in [0.3, 0.4) is 0 Å². The molecule has 7 nitrogen and oxygen atoms in total. The van der Waals surface area contributed by atoms with E-state index in [0.717, 1.165) is 42.2 Å². The molecular weight excluding hydrogens is 400 g/mol. The molecule has 0 unspecified atom stereocenters. The number of benzene rings is 2. The summed E-state index contributed by atoms with van der Waals surface area (Å²) < 4.78 is 8.04. The molecule has 1 aliphatic rings. The second-order valence-corrected chi connectivity index (χ2v) is 8.14. The molecule has 0 aliphatic carbocycles. The minimum Gasteiger partial charge on any atom is -0.508 e. The summed E-state index contributed by atoms with van der Waals surface area (Å²) in [7, 11) is 0. The van der Waals surface area contributed by atoms with Crippen LogP contribution in [0.2, 0.25) is 0 Å². The van der Waals surface area contributed by atoms with Crippen molar-refractivity contribution in [3.05, 3.63) is 40.7 Å². The minimum atomic E-state index is -0.0546. The van der Waals surface area contributed by atoms with Gasteiger partial charge in [-0.3, -0.25) is 9.67 Å². The normalized spacial score (nSPS) is 13.4. The van der Waals surface area contributed by atoms with Crippen LogP contribution < -0.4 is 9.64 Å². The van der Waals surface area contributed by atoms with Gasteiger partial charge in [-0.15, -0.1) is 0 Å². The molecule has 0 radical (unpaired) electrons. The highest BCUT2D eigenvalue weighted by Gasteiger charge is 2.22. The van der Waals surface area contributed by atoms with Gasteiger partial charge in [-0.2, -0.15) is 5.10 Å². The molecule has 8 heteroatoms. The third-order valence-corrected chi connectivity index (χ3v) is 5.61. The Balaban J connectivity index is 1.86. The van der Waals surface area contributed by atoms with Gasteiger partial charge in [0.25, 0.3) is 0 Å². The number of H-pyrrole nitrogens is 1. The lowest BCUT2D eigenvalue weighted by molar-refractivity contribution is 0.307. The summed E-state index contributed by atoms with van der Waals surface area (Å²) >= 11 is 5.51. The van der Waals surface area contributed by atoms with Gasteiger partial charge in [0.1, 0.15) is 23.9 Å². The molecule has 2 heterocycles. The minimum absolute atomic E-state index is 0.0546. The molecule has 0 amide bonds. The zero-order valence-electron chi connectivity index (χ0n) is 17.3. The molecule has 2 aromatic carbocycles. The number of phenolic OH excluding ortho intramolecular Hbond substituents is 2. The van der Waals surface area contributed by atoms with Crippen molar-refractivity contribution in [1.82, 2.24) is 14.8 Å². The maximum Gasteiger partial charge on any atom is 0.200 e. The van der Waals surface area contributed by atoms with E-state index in [1.807, 2.05) is 32.0 Å².